The predicted octanol–water partition coefficient (Wildman–Crippen LogP) is 5.88. The quantitative estimate of drug-likeness (QED) is 0.240. The molecule has 0 heterocycles. The molecule has 0 aliphatic heterocycles. The fourth-order valence-electron chi connectivity index (χ4n) is 2.87. The molecule has 8 heteroatoms. The summed E-state index contributed by atoms with van der Waals surface area (Å²) >= 11 is 0. The van der Waals surface area contributed by atoms with E-state index in [4.69, 9.17) is 0 Å². The van der Waals surface area contributed by atoms with Crippen molar-refractivity contribution in [1.29, 1.82) is 0 Å². The summed E-state index contributed by atoms with van der Waals surface area (Å²) in [6.45, 7) is 5.90. The van der Waals surface area contributed by atoms with E-state index in [0.29, 0.717) is 10.9 Å². The molecule has 3 aromatic carbocycles. The molecular formula is C21H21N3NaO4. The number of fused-ring (bicyclic) bond motifs is 1. The Morgan fingerprint density at radius 2 is 1.76 bits per heavy atom. The number of nitro groups is 1. The number of azo groups is 1. The molecule has 0 aromatic heterocycles. The molecular weight excluding hydrogens is 381 g/mol. The van der Waals surface area contributed by atoms with Crippen LogP contribution >= 0.6 is 0 Å². The van der Waals surface area contributed by atoms with Crippen molar-refractivity contribution in [2.75, 3.05) is 0 Å². The molecule has 3 rings (SSSR count). The Morgan fingerprint density at radius 3 is 2.41 bits per heavy atom. The normalized spacial score (nSPS) is 11.6. The van der Waals surface area contributed by atoms with Gasteiger partial charge in [0.25, 0.3) is 0 Å². The Balaban J connectivity index is 0.00000300. The van der Waals surface area contributed by atoms with Gasteiger partial charge in [-0.05, 0) is 34.9 Å². The largest absolute Gasteiger partial charge is 0.506 e. The Bertz CT molecular complexity index is 1100. The smallest absolute Gasteiger partial charge is 0.313 e. The summed E-state index contributed by atoms with van der Waals surface area (Å²) in [7, 11) is 0. The van der Waals surface area contributed by atoms with Crippen molar-refractivity contribution >= 4 is 57.4 Å². The van der Waals surface area contributed by atoms with Crippen molar-refractivity contribution in [3.05, 3.63) is 64.2 Å². The van der Waals surface area contributed by atoms with Gasteiger partial charge in [0.15, 0.2) is 0 Å². The number of hydrogen-bond acceptors (Lipinski definition) is 6. The van der Waals surface area contributed by atoms with Gasteiger partial charge in [-0.25, -0.2) is 0 Å². The summed E-state index contributed by atoms with van der Waals surface area (Å²) in [5.41, 5.74) is 0.133. The van der Waals surface area contributed by atoms with Crippen molar-refractivity contribution in [2.24, 2.45) is 10.2 Å². The van der Waals surface area contributed by atoms with Crippen molar-refractivity contribution in [3.8, 4) is 11.5 Å². The van der Waals surface area contributed by atoms with E-state index in [1.165, 1.54) is 12.1 Å². The minimum atomic E-state index is -0.640. The summed E-state index contributed by atoms with van der Waals surface area (Å²) in [4.78, 5) is 10.7. The van der Waals surface area contributed by atoms with Crippen molar-refractivity contribution in [1.82, 2.24) is 0 Å². The van der Waals surface area contributed by atoms with Gasteiger partial charge < -0.3 is 10.2 Å². The number of phenolic OH excluding ortho intramolecular Hbond substituents is 2. The van der Waals surface area contributed by atoms with Crippen LogP contribution in [0.2, 0.25) is 0 Å². The second-order valence-electron chi connectivity index (χ2n) is 7.21. The molecule has 29 heavy (non-hydrogen) atoms. The second-order valence-corrected chi connectivity index (χ2v) is 7.21. The number of rotatable bonds is 5. The number of phenols is 2. The second kappa shape index (κ2) is 8.90. The molecule has 3 aromatic rings. The van der Waals surface area contributed by atoms with Gasteiger partial charge in [0.1, 0.15) is 17.1 Å². The average Bonchev–Trinajstić information content (AvgIpc) is 2.67. The Hall–Kier alpha value is -2.48. The van der Waals surface area contributed by atoms with Gasteiger partial charge in [-0.1, -0.05) is 51.1 Å². The Kier molecular flexibility index (Phi) is 7.00. The van der Waals surface area contributed by atoms with E-state index in [-0.39, 0.29) is 52.1 Å². The first-order valence-electron chi connectivity index (χ1n) is 8.89. The summed E-state index contributed by atoms with van der Waals surface area (Å²) in [6, 6.07) is 13.6. The molecule has 0 bridgehead atoms. The van der Waals surface area contributed by atoms with Crippen LogP contribution in [0.15, 0.2) is 58.8 Å². The Labute approximate surface area is 190 Å². The van der Waals surface area contributed by atoms with Crippen LogP contribution in [0.1, 0.15) is 32.8 Å². The molecule has 0 aliphatic carbocycles. The first-order valence-corrected chi connectivity index (χ1v) is 8.89. The van der Waals surface area contributed by atoms with Gasteiger partial charge in [0, 0.05) is 41.0 Å². The van der Waals surface area contributed by atoms with Crippen LogP contribution in [0.25, 0.3) is 10.8 Å². The van der Waals surface area contributed by atoms with Crippen LogP contribution in [0, 0.1) is 10.1 Å². The maximum Gasteiger partial charge on any atom is 0.313 e. The maximum absolute atomic E-state index is 11.4. The van der Waals surface area contributed by atoms with Gasteiger partial charge in [0.05, 0.1) is 4.92 Å². The predicted molar refractivity (Wildman–Crippen MR) is 114 cm³/mol. The summed E-state index contributed by atoms with van der Waals surface area (Å²) in [6.07, 6.45) is 0.746. The number of aromatic hydroxyl groups is 2. The topological polar surface area (TPSA) is 108 Å². The van der Waals surface area contributed by atoms with Crippen LogP contribution in [0.3, 0.4) is 0 Å². The molecule has 145 valence electrons. The van der Waals surface area contributed by atoms with E-state index in [0.717, 1.165) is 11.8 Å². The van der Waals surface area contributed by atoms with Gasteiger partial charge in [-0.15, -0.1) is 10.2 Å². The molecule has 0 unspecified atom stereocenters. The summed E-state index contributed by atoms with van der Waals surface area (Å²) in [5, 5.41) is 41.6. The third-order valence-electron chi connectivity index (χ3n) is 5.07. The molecule has 0 saturated heterocycles. The fourth-order valence-corrected chi connectivity index (χ4v) is 2.87. The minimum Gasteiger partial charge on any atom is -0.506 e. The number of nitrogens with zero attached hydrogens (tertiary/aromatic N) is 3. The maximum atomic E-state index is 11.4. The summed E-state index contributed by atoms with van der Waals surface area (Å²) in [5.74, 6) is -0.620. The van der Waals surface area contributed by atoms with Crippen molar-refractivity contribution < 1.29 is 15.1 Å². The van der Waals surface area contributed by atoms with Crippen LogP contribution < -0.4 is 0 Å². The third kappa shape index (κ3) is 4.58. The van der Waals surface area contributed by atoms with E-state index in [1.807, 2.05) is 39.0 Å². The van der Waals surface area contributed by atoms with Gasteiger partial charge in [0.2, 0.25) is 5.75 Å². The Morgan fingerprint density at radius 1 is 1.07 bits per heavy atom. The SMILES string of the molecule is CCC(C)(C)c1cc(N=Nc2c(O)ccc3ccccc23)c(O)c([N+](=O)[O-])c1.[Na]. The van der Waals surface area contributed by atoms with Crippen molar-refractivity contribution in [3.63, 3.8) is 0 Å². The van der Waals surface area contributed by atoms with Crippen molar-refractivity contribution in [2.45, 2.75) is 32.6 Å². The monoisotopic (exact) mass is 402 g/mol. The molecule has 7 nitrogen and oxygen atoms in total. The van der Waals surface area contributed by atoms with E-state index in [9.17, 15) is 20.3 Å². The number of benzene rings is 3. The van der Waals surface area contributed by atoms with E-state index in [2.05, 4.69) is 10.2 Å². The van der Waals surface area contributed by atoms with Crippen LogP contribution in [-0.4, -0.2) is 44.7 Å². The van der Waals surface area contributed by atoms with E-state index >= 15 is 0 Å². The van der Waals surface area contributed by atoms with Gasteiger partial charge >= 0.3 is 5.69 Å². The van der Waals surface area contributed by atoms with Crippen LogP contribution in [0.4, 0.5) is 17.1 Å². The fraction of sp³-hybridized carbons (Fsp3) is 0.238. The van der Waals surface area contributed by atoms with Gasteiger partial charge in [-0.3, -0.25) is 10.1 Å². The minimum absolute atomic E-state index is 0. The molecule has 1 radical (unpaired) electrons. The molecule has 0 atom stereocenters. The third-order valence-corrected chi connectivity index (χ3v) is 5.07. The number of hydrogen-bond donors (Lipinski definition) is 2. The van der Waals surface area contributed by atoms with E-state index in [1.54, 1.807) is 18.2 Å². The zero-order valence-corrected chi connectivity index (χ0v) is 18.9. The standard InChI is InChI=1S/C21H21N3O4.Na/c1-4-21(2,3)14-11-16(20(26)17(12-14)24(27)28)22-23-19-15-8-6-5-7-13(15)9-10-18(19)25;/h5-12,25-26H,4H2,1-3H3;. The molecule has 0 spiro atoms. The molecule has 0 saturated carbocycles. The zero-order chi connectivity index (χ0) is 20.5. The summed E-state index contributed by atoms with van der Waals surface area (Å²) < 4.78 is 0. The first-order chi connectivity index (χ1) is 13.2. The first kappa shape index (κ1) is 22.8. The molecule has 0 amide bonds. The van der Waals surface area contributed by atoms with E-state index < -0.39 is 16.4 Å². The zero-order valence-electron chi connectivity index (χ0n) is 16.9. The average molecular weight is 402 g/mol. The molecule has 0 fully saturated rings. The van der Waals surface area contributed by atoms with Crippen LogP contribution in [-0.2, 0) is 5.41 Å². The molecule has 0 aliphatic rings. The molecule has 2 N–H and O–H groups in total. The van der Waals surface area contributed by atoms with Crippen LogP contribution in [0.5, 0.6) is 11.5 Å². The number of nitro benzene ring substituents is 1. The van der Waals surface area contributed by atoms with Gasteiger partial charge in [-0.2, -0.15) is 0 Å².